The van der Waals surface area contributed by atoms with Gasteiger partial charge in [-0.15, -0.1) is 0 Å². The molecule has 2 aromatic carbocycles. The van der Waals surface area contributed by atoms with Crippen LogP contribution in [0, 0.1) is 0 Å². The zero-order valence-electron chi connectivity index (χ0n) is 18.5. The van der Waals surface area contributed by atoms with Gasteiger partial charge in [0.15, 0.2) is 11.5 Å². The van der Waals surface area contributed by atoms with Gasteiger partial charge in [-0.2, -0.15) is 13.2 Å². The van der Waals surface area contributed by atoms with Crippen LogP contribution in [-0.2, 0) is 16.2 Å². The minimum Gasteiger partial charge on any atom is -0.493 e. The number of rotatable bonds is 8. The lowest BCUT2D eigenvalue weighted by atomic mass is 10.1. The van der Waals surface area contributed by atoms with Crippen molar-refractivity contribution in [3.8, 4) is 17.2 Å². The summed E-state index contributed by atoms with van der Waals surface area (Å²) in [6.07, 6.45) is -4.98. The number of hydrogen-bond acceptors (Lipinski definition) is 7. The molecule has 0 amide bonds. The van der Waals surface area contributed by atoms with Crippen molar-refractivity contribution in [2.45, 2.75) is 29.6 Å². The first-order valence-electron chi connectivity index (χ1n) is 10.0. The number of likely N-dealkylation sites (tertiary alicyclic amines) is 1. The molecule has 34 heavy (non-hydrogen) atoms. The first-order chi connectivity index (χ1) is 15.9. The molecule has 0 aromatic heterocycles. The van der Waals surface area contributed by atoms with Crippen LogP contribution in [0.1, 0.15) is 12.0 Å². The number of anilines is 1. The van der Waals surface area contributed by atoms with E-state index < -0.39 is 33.6 Å². The van der Waals surface area contributed by atoms with Crippen LogP contribution in [0.25, 0.3) is 0 Å². The summed E-state index contributed by atoms with van der Waals surface area (Å²) in [5.74, 6) is -0.0522. The van der Waals surface area contributed by atoms with Crippen LogP contribution in [0.4, 0.5) is 18.9 Å². The third-order valence-corrected chi connectivity index (χ3v) is 7.76. The van der Waals surface area contributed by atoms with E-state index in [4.69, 9.17) is 14.2 Å². The quantitative estimate of drug-likeness (QED) is 0.500. The van der Waals surface area contributed by atoms with Crippen molar-refractivity contribution in [1.29, 1.82) is 0 Å². The Morgan fingerprint density at radius 3 is 2.35 bits per heavy atom. The molecule has 1 aliphatic heterocycles. The molecule has 0 saturated carbocycles. The number of ether oxygens (including phenoxy) is 3. The average Bonchev–Trinajstić information content (AvgIpc) is 3.11. The van der Waals surface area contributed by atoms with Crippen LogP contribution in [0.15, 0.2) is 39.7 Å². The Labute approximate surface area is 203 Å². The van der Waals surface area contributed by atoms with E-state index in [9.17, 15) is 26.7 Å². The van der Waals surface area contributed by atoms with Gasteiger partial charge in [-0.3, -0.25) is 9.62 Å². The van der Waals surface area contributed by atoms with Gasteiger partial charge in [-0.25, -0.2) is 8.42 Å². The topological polar surface area (TPSA) is 97.3 Å². The van der Waals surface area contributed by atoms with Gasteiger partial charge in [0, 0.05) is 35.6 Å². The van der Waals surface area contributed by atoms with Crippen LogP contribution < -0.4 is 18.9 Å². The molecule has 8 nitrogen and oxygen atoms in total. The van der Waals surface area contributed by atoms with E-state index >= 15 is 0 Å². The number of alkyl halides is 3. The number of aliphatic hydroxyl groups is 1. The van der Waals surface area contributed by atoms with Crippen molar-refractivity contribution in [3.63, 3.8) is 0 Å². The number of sulfonamides is 1. The SMILES string of the molecule is COc1cc(Br)c(S(=O)(=O)Nc2ccc(C(F)(F)F)c(OC3C[C@@H](CO)N(C)C3)c2)cc1OC. The molecular weight excluding hydrogens is 545 g/mol. The molecule has 0 spiro atoms. The third-order valence-electron chi connectivity index (χ3n) is 5.42. The average molecular weight is 569 g/mol. The highest BCUT2D eigenvalue weighted by molar-refractivity contribution is 9.10. The fourth-order valence-corrected chi connectivity index (χ4v) is 5.76. The highest BCUT2D eigenvalue weighted by Crippen LogP contribution is 2.40. The van der Waals surface area contributed by atoms with Gasteiger partial charge in [0.1, 0.15) is 16.7 Å². The first kappa shape index (κ1) is 26.4. The normalized spacial score (nSPS) is 19.2. The molecule has 1 saturated heterocycles. The molecule has 1 heterocycles. The smallest absolute Gasteiger partial charge is 0.419 e. The van der Waals surface area contributed by atoms with Crippen LogP contribution >= 0.6 is 15.9 Å². The lowest BCUT2D eigenvalue weighted by Crippen LogP contribution is -2.28. The number of likely N-dealkylation sites (N-methyl/N-ethyl adjacent to an activating group) is 1. The summed E-state index contributed by atoms with van der Waals surface area (Å²) < 4.78 is 85.2. The Hall–Kier alpha value is -2.22. The minimum atomic E-state index is -4.71. The highest BCUT2D eigenvalue weighted by Gasteiger charge is 2.37. The summed E-state index contributed by atoms with van der Waals surface area (Å²) in [5, 5.41) is 9.40. The van der Waals surface area contributed by atoms with E-state index in [0.29, 0.717) is 18.7 Å². The monoisotopic (exact) mass is 568 g/mol. The first-order valence-corrected chi connectivity index (χ1v) is 12.3. The summed E-state index contributed by atoms with van der Waals surface area (Å²) in [4.78, 5) is 1.59. The van der Waals surface area contributed by atoms with Gasteiger partial charge in [0.05, 0.1) is 32.1 Å². The van der Waals surface area contributed by atoms with Gasteiger partial charge in [-0.1, -0.05) is 0 Å². The molecule has 3 rings (SSSR count). The fraction of sp³-hybridized carbons (Fsp3) is 0.429. The lowest BCUT2D eigenvalue weighted by Gasteiger charge is -2.20. The molecule has 1 aliphatic rings. The van der Waals surface area contributed by atoms with E-state index in [1.165, 1.54) is 26.4 Å². The standard InChI is InChI=1S/C21H24BrF3N2O6S/c1-27-10-14(7-13(27)11-28)33-17-6-12(4-5-15(17)21(23,24)25)26-34(29,30)20-9-19(32-3)18(31-2)8-16(20)22/h4-6,8-9,13-14,26,28H,7,10-11H2,1-3H3/t13-,14?/m0/s1. The Morgan fingerprint density at radius 1 is 1.15 bits per heavy atom. The van der Waals surface area contributed by atoms with E-state index in [1.807, 2.05) is 0 Å². The Bertz CT molecular complexity index is 1150. The largest absolute Gasteiger partial charge is 0.493 e. The third kappa shape index (κ3) is 5.70. The number of halogens is 4. The molecule has 2 N–H and O–H groups in total. The van der Waals surface area contributed by atoms with E-state index in [2.05, 4.69) is 20.7 Å². The number of aliphatic hydroxyl groups excluding tert-OH is 1. The summed E-state index contributed by atoms with van der Waals surface area (Å²) in [6.45, 7) is 0.166. The van der Waals surface area contributed by atoms with Crippen molar-refractivity contribution in [2.75, 3.05) is 39.1 Å². The van der Waals surface area contributed by atoms with Crippen molar-refractivity contribution >= 4 is 31.6 Å². The number of nitrogens with one attached hydrogen (secondary N) is 1. The zero-order chi connectivity index (χ0) is 25.3. The molecular formula is C21H24BrF3N2O6S. The Morgan fingerprint density at radius 2 is 1.79 bits per heavy atom. The van der Waals surface area contributed by atoms with Gasteiger partial charge < -0.3 is 19.3 Å². The molecule has 0 bridgehead atoms. The van der Waals surface area contributed by atoms with Crippen LogP contribution in [0.2, 0.25) is 0 Å². The molecule has 188 valence electrons. The van der Waals surface area contributed by atoms with Crippen LogP contribution in [0.5, 0.6) is 17.2 Å². The second-order valence-corrected chi connectivity index (χ2v) is 10.2. The van der Waals surface area contributed by atoms with Gasteiger partial charge in [0.2, 0.25) is 0 Å². The van der Waals surface area contributed by atoms with Gasteiger partial charge in [0.25, 0.3) is 10.0 Å². The Balaban J connectivity index is 1.94. The number of hydrogen-bond donors (Lipinski definition) is 2. The molecule has 1 unspecified atom stereocenters. The predicted molar refractivity (Wildman–Crippen MR) is 122 cm³/mol. The fourth-order valence-electron chi connectivity index (χ4n) is 3.68. The minimum absolute atomic E-state index is 0.116. The summed E-state index contributed by atoms with van der Waals surface area (Å²) in [6, 6.07) is 5.18. The maximum atomic E-state index is 13.6. The summed E-state index contributed by atoms with van der Waals surface area (Å²) in [5.41, 5.74) is -1.15. The second kappa shape index (κ2) is 10.2. The number of benzene rings is 2. The van der Waals surface area contributed by atoms with Crippen molar-refractivity contribution < 1.29 is 40.9 Å². The van der Waals surface area contributed by atoms with Crippen molar-refractivity contribution in [2.24, 2.45) is 0 Å². The van der Waals surface area contributed by atoms with E-state index in [0.717, 1.165) is 18.2 Å². The highest BCUT2D eigenvalue weighted by atomic mass is 79.9. The molecule has 0 aliphatic carbocycles. The maximum absolute atomic E-state index is 13.6. The van der Waals surface area contributed by atoms with Crippen LogP contribution in [0.3, 0.4) is 0 Å². The second-order valence-electron chi connectivity index (χ2n) is 7.70. The molecule has 13 heteroatoms. The number of methoxy groups -OCH3 is 2. The van der Waals surface area contributed by atoms with Crippen LogP contribution in [-0.4, -0.2) is 65.0 Å². The van der Waals surface area contributed by atoms with E-state index in [1.54, 1.807) is 11.9 Å². The molecule has 2 atom stereocenters. The van der Waals surface area contributed by atoms with Crippen molar-refractivity contribution in [1.82, 2.24) is 4.90 Å². The summed E-state index contributed by atoms with van der Waals surface area (Å²) in [7, 11) is 0.249. The van der Waals surface area contributed by atoms with Gasteiger partial charge in [-0.05, 0) is 41.2 Å². The molecule has 2 aromatic rings. The number of nitrogens with zero attached hydrogens (tertiary/aromatic N) is 1. The lowest BCUT2D eigenvalue weighted by molar-refractivity contribution is -0.139. The maximum Gasteiger partial charge on any atom is 0.419 e. The van der Waals surface area contributed by atoms with E-state index in [-0.39, 0.29) is 33.5 Å². The van der Waals surface area contributed by atoms with Gasteiger partial charge >= 0.3 is 6.18 Å². The predicted octanol–water partition coefficient (Wildman–Crippen LogP) is 3.73. The molecule has 1 fully saturated rings. The molecule has 0 radical (unpaired) electrons. The van der Waals surface area contributed by atoms with Crippen molar-refractivity contribution in [3.05, 3.63) is 40.4 Å². The summed E-state index contributed by atoms with van der Waals surface area (Å²) >= 11 is 3.18. The Kier molecular flexibility index (Phi) is 7.90. The zero-order valence-corrected chi connectivity index (χ0v) is 20.9.